The van der Waals surface area contributed by atoms with Gasteiger partial charge in [-0.25, -0.2) is 0 Å². The van der Waals surface area contributed by atoms with Crippen LogP contribution in [0.5, 0.6) is 0 Å². The predicted octanol–water partition coefficient (Wildman–Crippen LogP) is 3.08. The van der Waals surface area contributed by atoms with Gasteiger partial charge in [-0.3, -0.25) is 9.89 Å². The van der Waals surface area contributed by atoms with Crippen molar-refractivity contribution in [2.75, 3.05) is 5.32 Å². The first-order valence-corrected chi connectivity index (χ1v) is 5.59. The Hall–Kier alpha value is -1.33. The van der Waals surface area contributed by atoms with Crippen LogP contribution in [0.2, 0.25) is 5.02 Å². The number of nitrogens with one attached hydrogen (secondary N) is 2. The molecule has 1 aromatic heterocycles. The normalized spacial score (nSPS) is 10.1. The topological polar surface area (TPSA) is 57.8 Å². The van der Waals surface area contributed by atoms with Crippen LogP contribution in [0.15, 0.2) is 34.9 Å². The Labute approximate surface area is 105 Å². The molecule has 0 aliphatic heterocycles. The van der Waals surface area contributed by atoms with Gasteiger partial charge in [0.05, 0.1) is 5.69 Å². The first-order chi connectivity index (χ1) is 7.66. The van der Waals surface area contributed by atoms with Crippen molar-refractivity contribution in [2.45, 2.75) is 0 Å². The number of amides is 1. The van der Waals surface area contributed by atoms with Crippen LogP contribution in [-0.4, -0.2) is 16.1 Å². The number of H-pyrrole nitrogens is 1. The number of aromatic nitrogens is 2. The van der Waals surface area contributed by atoms with Gasteiger partial charge in [0, 0.05) is 15.7 Å². The lowest BCUT2D eigenvalue weighted by atomic mass is 10.3. The third-order valence-corrected chi connectivity index (χ3v) is 2.82. The molecule has 6 heteroatoms. The van der Waals surface area contributed by atoms with Gasteiger partial charge in [-0.1, -0.05) is 11.6 Å². The molecule has 0 radical (unpaired) electrons. The highest BCUT2D eigenvalue weighted by Crippen LogP contribution is 2.26. The second-order valence-corrected chi connectivity index (χ2v) is 4.34. The molecule has 2 rings (SSSR count). The van der Waals surface area contributed by atoms with Gasteiger partial charge in [0.25, 0.3) is 5.91 Å². The second kappa shape index (κ2) is 4.67. The third-order valence-electron chi connectivity index (χ3n) is 1.92. The van der Waals surface area contributed by atoms with Crippen molar-refractivity contribution in [3.8, 4) is 0 Å². The summed E-state index contributed by atoms with van der Waals surface area (Å²) in [7, 11) is 0. The highest BCUT2D eigenvalue weighted by atomic mass is 79.9. The molecule has 0 bridgehead atoms. The van der Waals surface area contributed by atoms with Crippen LogP contribution in [0.4, 0.5) is 5.69 Å². The van der Waals surface area contributed by atoms with Crippen molar-refractivity contribution in [3.05, 3.63) is 45.7 Å². The number of carbonyl (C=O) groups excluding carboxylic acids is 1. The molecule has 4 nitrogen and oxygen atoms in total. The zero-order valence-electron chi connectivity index (χ0n) is 8.00. The quantitative estimate of drug-likeness (QED) is 0.895. The predicted molar refractivity (Wildman–Crippen MR) is 65.7 cm³/mol. The molecule has 0 aliphatic rings. The second-order valence-electron chi connectivity index (χ2n) is 3.05. The molecule has 0 fully saturated rings. The molecular formula is C10H7BrClN3O. The van der Waals surface area contributed by atoms with Crippen LogP contribution in [0.1, 0.15) is 10.5 Å². The van der Waals surface area contributed by atoms with E-state index in [4.69, 9.17) is 11.6 Å². The van der Waals surface area contributed by atoms with E-state index in [0.717, 1.165) is 4.47 Å². The summed E-state index contributed by atoms with van der Waals surface area (Å²) in [6.07, 6.45) is 1.52. The van der Waals surface area contributed by atoms with Gasteiger partial charge in [0.1, 0.15) is 5.69 Å². The summed E-state index contributed by atoms with van der Waals surface area (Å²) in [6, 6.07) is 6.73. The van der Waals surface area contributed by atoms with E-state index in [1.54, 1.807) is 24.3 Å². The minimum Gasteiger partial charge on any atom is -0.320 e. The number of anilines is 1. The third kappa shape index (κ3) is 2.43. The molecule has 2 N–H and O–H groups in total. The van der Waals surface area contributed by atoms with Crippen LogP contribution < -0.4 is 5.32 Å². The van der Waals surface area contributed by atoms with Crippen LogP contribution >= 0.6 is 27.5 Å². The average Bonchev–Trinajstić information content (AvgIpc) is 2.75. The molecule has 16 heavy (non-hydrogen) atoms. The molecule has 0 saturated carbocycles. The van der Waals surface area contributed by atoms with E-state index in [0.29, 0.717) is 16.4 Å². The molecule has 82 valence electrons. The summed E-state index contributed by atoms with van der Waals surface area (Å²) in [5.74, 6) is -0.250. The van der Waals surface area contributed by atoms with Gasteiger partial charge in [-0.2, -0.15) is 5.10 Å². The van der Waals surface area contributed by atoms with Gasteiger partial charge in [-0.15, -0.1) is 0 Å². The van der Waals surface area contributed by atoms with Crippen molar-refractivity contribution in [3.63, 3.8) is 0 Å². The number of rotatable bonds is 2. The Balaban J connectivity index is 2.18. The van der Waals surface area contributed by atoms with Crippen LogP contribution in [0, 0.1) is 0 Å². The number of hydrogen-bond donors (Lipinski definition) is 2. The summed E-state index contributed by atoms with van der Waals surface area (Å²) in [4.78, 5) is 11.7. The van der Waals surface area contributed by atoms with Crippen molar-refractivity contribution >= 4 is 39.1 Å². The van der Waals surface area contributed by atoms with E-state index in [9.17, 15) is 4.79 Å². The Morgan fingerprint density at radius 1 is 1.44 bits per heavy atom. The van der Waals surface area contributed by atoms with Gasteiger partial charge < -0.3 is 5.32 Å². The molecule has 2 aromatic rings. The number of hydrogen-bond acceptors (Lipinski definition) is 2. The number of benzene rings is 1. The molecule has 0 spiro atoms. The van der Waals surface area contributed by atoms with E-state index < -0.39 is 0 Å². The van der Waals surface area contributed by atoms with Crippen LogP contribution in [-0.2, 0) is 0 Å². The maximum absolute atomic E-state index is 11.7. The van der Waals surface area contributed by atoms with E-state index in [2.05, 4.69) is 31.4 Å². The number of nitrogens with zero attached hydrogens (tertiary/aromatic N) is 1. The van der Waals surface area contributed by atoms with E-state index in [1.807, 2.05) is 0 Å². The molecule has 0 saturated heterocycles. The van der Waals surface area contributed by atoms with Crippen molar-refractivity contribution < 1.29 is 4.79 Å². The van der Waals surface area contributed by atoms with Crippen LogP contribution in [0.25, 0.3) is 0 Å². The fraction of sp³-hybridized carbons (Fsp3) is 0. The molecule has 0 unspecified atom stereocenters. The van der Waals surface area contributed by atoms with Gasteiger partial charge in [0.15, 0.2) is 0 Å². The smallest absolute Gasteiger partial charge is 0.273 e. The van der Waals surface area contributed by atoms with Crippen molar-refractivity contribution in [1.82, 2.24) is 10.2 Å². The van der Waals surface area contributed by atoms with Crippen molar-refractivity contribution in [1.29, 1.82) is 0 Å². The van der Waals surface area contributed by atoms with Gasteiger partial charge in [-0.05, 0) is 40.2 Å². The Morgan fingerprint density at radius 3 is 2.88 bits per heavy atom. The SMILES string of the molecule is O=C(Nc1ccc(Cl)cc1Br)c1ccn[nH]1. The van der Waals surface area contributed by atoms with Gasteiger partial charge >= 0.3 is 0 Å². The number of carbonyl (C=O) groups is 1. The van der Waals surface area contributed by atoms with E-state index in [1.165, 1.54) is 6.20 Å². The fourth-order valence-corrected chi connectivity index (χ4v) is 1.94. The van der Waals surface area contributed by atoms with Gasteiger partial charge in [0.2, 0.25) is 0 Å². The molecule has 0 atom stereocenters. The number of aromatic amines is 1. The summed E-state index contributed by atoms with van der Waals surface area (Å²) >= 11 is 9.11. The Morgan fingerprint density at radius 2 is 2.25 bits per heavy atom. The average molecular weight is 301 g/mol. The van der Waals surface area contributed by atoms with E-state index in [-0.39, 0.29) is 5.91 Å². The standard InChI is InChI=1S/C10H7BrClN3O/c11-7-5-6(12)1-2-8(7)14-10(16)9-3-4-13-15-9/h1-5H,(H,13,15)(H,14,16). The van der Waals surface area contributed by atoms with E-state index >= 15 is 0 Å². The fourth-order valence-electron chi connectivity index (χ4n) is 1.16. The summed E-state index contributed by atoms with van der Waals surface area (Å²) in [6.45, 7) is 0. The lowest BCUT2D eigenvalue weighted by Crippen LogP contribution is -2.12. The Bertz CT molecular complexity index is 513. The minimum atomic E-state index is -0.250. The lowest BCUT2D eigenvalue weighted by Gasteiger charge is -2.06. The summed E-state index contributed by atoms with van der Waals surface area (Å²) in [5.41, 5.74) is 1.06. The Kier molecular flexibility index (Phi) is 3.26. The first kappa shape index (κ1) is 11.2. The molecule has 1 heterocycles. The molecule has 1 amide bonds. The summed E-state index contributed by atoms with van der Waals surface area (Å²) in [5, 5.41) is 9.61. The number of halogens is 2. The van der Waals surface area contributed by atoms with Crippen LogP contribution in [0.3, 0.4) is 0 Å². The van der Waals surface area contributed by atoms with Crippen molar-refractivity contribution in [2.24, 2.45) is 0 Å². The molecular weight excluding hydrogens is 293 g/mol. The summed E-state index contributed by atoms with van der Waals surface area (Å²) < 4.78 is 0.730. The largest absolute Gasteiger partial charge is 0.320 e. The first-order valence-electron chi connectivity index (χ1n) is 4.42. The zero-order chi connectivity index (χ0) is 11.5. The minimum absolute atomic E-state index is 0.250. The maximum Gasteiger partial charge on any atom is 0.273 e. The molecule has 0 aliphatic carbocycles. The zero-order valence-corrected chi connectivity index (χ0v) is 10.3. The highest BCUT2D eigenvalue weighted by Gasteiger charge is 2.09. The maximum atomic E-state index is 11.7. The highest BCUT2D eigenvalue weighted by molar-refractivity contribution is 9.10. The lowest BCUT2D eigenvalue weighted by molar-refractivity contribution is 0.102. The molecule has 1 aromatic carbocycles. The monoisotopic (exact) mass is 299 g/mol.